The first kappa shape index (κ1) is 23.8. The first-order valence-electron chi connectivity index (χ1n) is 11.1. The lowest BCUT2D eigenvalue weighted by Gasteiger charge is -2.15. The molecule has 1 fully saturated rings. The molecule has 2 N–H and O–H groups in total. The highest BCUT2D eigenvalue weighted by Gasteiger charge is 2.47. The summed E-state index contributed by atoms with van der Waals surface area (Å²) >= 11 is 0. The van der Waals surface area contributed by atoms with Crippen LogP contribution in [0, 0.1) is 6.92 Å². The fourth-order valence-electron chi connectivity index (χ4n) is 4.00. The van der Waals surface area contributed by atoms with Crippen LogP contribution in [0.4, 0.5) is 0 Å². The van der Waals surface area contributed by atoms with E-state index in [2.05, 4.69) is 10.7 Å². The van der Waals surface area contributed by atoms with Gasteiger partial charge in [-0.3, -0.25) is 9.59 Å². The number of hydrogen-bond donors (Lipinski definition) is 2. The Hall–Kier alpha value is -4.33. The van der Waals surface area contributed by atoms with Crippen molar-refractivity contribution in [3.8, 4) is 17.2 Å². The minimum Gasteiger partial charge on any atom is -0.497 e. The van der Waals surface area contributed by atoms with Crippen molar-refractivity contribution < 1.29 is 28.5 Å². The molecule has 0 unspecified atom stereocenters. The van der Waals surface area contributed by atoms with Crippen molar-refractivity contribution in [2.45, 2.75) is 19.0 Å². The monoisotopic (exact) mass is 474 g/mol. The Labute approximate surface area is 204 Å². The van der Waals surface area contributed by atoms with Crippen LogP contribution in [0.2, 0.25) is 0 Å². The number of benzene rings is 3. The van der Waals surface area contributed by atoms with Gasteiger partial charge < -0.3 is 19.5 Å². The summed E-state index contributed by atoms with van der Waals surface area (Å²) in [5.41, 5.74) is 6.03. The summed E-state index contributed by atoms with van der Waals surface area (Å²) in [4.78, 5) is 26.1. The van der Waals surface area contributed by atoms with E-state index < -0.39 is 12.1 Å². The van der Waals surface area contributed by atoms with Crippen LogP contribution in [-0.2, 0) is 4.79 Å². The molecule has 8 heteroatoms. The molecule has 1 aliphatic rings. The van der Waals surface area contributed by atoms with Gasteiger partial charge in [-0.15, -0.1) is 10.1 Å². The smallest absolute Gasteiger partial charge is 0.304 e. The van der Waals surface area contributed by atoms with Gasteiger partial charge in [-0.1, -0.05) is 17.7 Å². The second kappa shape index (κ2) is 10.3. The lowest BCUT2D eigenvalue weighted by molar-refractivity contribution is -0.596. The number of methoxy groups -OCH3 is 3. The molecule has 1 aliphatic heterocycles. The van der Waals surface area contributed by atoms with Gasteiger partial charge in [-0.25, -0.2) is 0 Å². The minimum atomic E-state index is -0.825. The number of hydrazine groups is 1. The van der Waals surface area contributed by atoms with Crippen LogP contribution in [0.5, 0.6) is 17.2 Å². The quantitative estimate of drug-likeness (QED) is 0.514. The predicted molar refractivity (Wildman–Crippen MR) is 131 cm³/mol. The summed E-state index contributed by atoms with van der Waals surface area (Å²) in [5.74, 6) is 1.23. The molecule has 0 aromatic heterocycles. The highest BCUT2D eigenvalue weighted by atomic mass is 16.5. The van der Waals surface area contributed by atoms with E-state index in [9.17, 15) is 9.59 Å². The lowest BCUT2D eigenvalue weighted by Crippen LogP contribution is -2.42. The zero-order valence-corrected chi connectivity index (χ0v) is 20.1. The average Bonchev–Trinajstić information content (AvgIpc) is 3.18. The molecule has 2 atom stereocenters. The number of aryl methyl sites for hydroxylation is 1. The highest BCUT2D eigenvalue weighted by Crippen LogP contribution is 2.29. The molecule has 0 spiro atoms. The van der Waals surface area contributed by atoms with E-state index in [1.165, 1.54) is 0 Å². The Morgan fingerprint density at radius 3 is 2.23 bits per heavy atom. The molecule has 3 aromatic carbocycles. The molecule has 1 saturated heterocycles. The molecule has 1 heterocycles. The largest absolute Gasteiger partial charge is 0.497 e. The number of carbonyl (C=O) groups is 2. The Morgan fingerprint density at radius 1 is 0.914 bits per heavy atom. The van der Waals surface area contributed by atoms with Gasteiger partial charge in [-0.05, 0) is 61.5 Å². The van der Waals surface area contributed by atoms with Gasteiger partial charge in [0, 0.05) is 16.7 Å². The molecule has 35 heavy (non-hydrogen) atoms. The molecule has 2 amide bonds. The molecule has 0 saturated carbocycles. The lowest BCUT2D eigenvalue weighted by atomic mass is 9.99. The fraction of sp³-hybridized carbons (Fsp3) is 0.222. The van der Waals surface area contributed by atoms with Gasteiger partial charge in [0.25, 0.3) is 5.91 Å². The van der Waals surface area contributed by atoms with E-state index in [1.54, 1.807) is 50.4 Å². The number of carbonyl (C=O) groups excluding carboxylic acids is 2. The third-order valence-electron chi connectivity index (χ3n) is 5.89. The van der Waals surface area contributed by atoms with E-state index in [0.717, 1.165) is 16.7 Å². The Balaban J connectivity index is 1.71. The number of amides is 2. The van der Waals surface area contributed by atoms with Gasteiger partial charge in [0.1, 0.15) is 5.75 Å². The van der Waals surface area contributed by atoms with E-state index in [0.29, 0.717) is 22.8 Å². The molecule has 0 aliphatic carbocycles. The molecular formula is C27H28N3O5+. The van der Waals surface area contributed by atoms with Crippen LogP contribution in [0.25, 0.3) is 0 Å². The zero-order valence-electron chi connectivity index (χ0n) is 20.1. The first-order chi connectivity index (χ1) is 16.9. The highest BCUT2D eigenvalue weighted by molar-refractivity contribution is 5.98. The van der Waals surface area contributed by atoms with E-state index in [4.69, 9.17) is 14.2 Å². The van der Waals surface area contributed by atoms with Gasteiger partial charge in [-0.2, -0.15) is 0 Å². The minimum absolute atomic E-state index is 0.317. The fourth-order valence-corrected chi connectivity index (χ4v) is 4.00. The summed E-state index contributed by atoms with van der Waals surface area (Å²) < 4.78 is 17.7. The van der Waals surface area contributed by atoms with Crippen LogP contribution in [0.15, 0.2) is 66.7 Å². The van der Waals surface area contributed by atoms with Gasteiger partial charge >= 0.3 is 5.91 Å². The van der Waals surface area contributed by atoms with Crippen molar-refractivity contribution >= 4 is 18.0 Å². The normalized spacial score (nSPS) is 18.2. The third kappa shape index (κ3) is 5.11. The van der Waals surface area contributed by atoms with Gasteiger partial charge in [0.15, 0.2) is 17.5 Å². The number of rotatable bonds is 7. The zero-order chi connectivity index (χ0) is 24.9. The first-order valence-corrected chi connectivity index (χ1v) is 11.1. The molecule has 4 rings (SSSR count). The van der Waals surface area contributed by atoms with Crippen molar-refractivity contribution in [2.75, 3.05) is 21.3 Å². The summed E-state index contributed by atoms with van der Waals surface area (Å²) in [6.07, 6.45) is 1.80. The molecule has 3 aromatic rings. The Bertz CT molecular complexity index is 1250. The van der Waals surface area contributed by atoms with Crippen LogP contribution in [0.1, 0.15) is 33.1 Å². The Kier molecular flexibility index (Phi) is 7.01. The molecule has 8 nitrogen and oxygen atoms in total. The summed E-state index contributed by atoms with van der Waals surface area (Å²) in [7, 11) is 4.73. The molecule has 180 valence electrons. The predicted octanol–water partition coefficient (Wildman–Crippen LogP) is 3.04. The maximum absolute atomic E-state index is 13.1. The number of nitrogens with zero attached hydrogens (tertiary/aromatic N) is 1. The topological polar surface area (TPSA) is 88.9 Å². The molecular weight excluding hydrogens is 446 g/mol. The van der Waals surface area contributed by atoms with Crippen molar-refractivity contribution in [1.29, 1.82) is 0 Å². The summed E-state index contributed by atoms with van der Waals surface area (Å²) in [5, 5.41) is 2.91. The second-order valence-electron chi connectivity index (χ2n) is 8.16. The maximum Gasteiger partial charge on any atom is 0.304 e. The van der Waals surface area contributed by atoms with Gasteiger partial charge in [0.05, 0.1) is 21.3 Å². The number of nitrogens with one attached hydrogen (secondary N) is 2. The van der Waals surface area contributed by atoms with Crippen molar-refractivity contribution in [2.24, 2.45) is 0 Å². The maximum atomic E-state index is 13.1. The third-order valence-corrected chi connectivity index (χ3v) is 5.89. The summed E-state index contributed by atoms with van der Waals surface area (Å²) in [6, 6.07) is 18.8. The number of hydrazone groups is 1. The van der Waals surface area contributed by atoms with Crippen LogP contribution in [0.3, 0.4) is 0 Å². The van der Waals surface area contributed by atoms with Crippen molar-refractivity contribution in [3.63, 3.8) is 0 Å². The van der Waals surface area contributed by atoms with Crippen LogP contribution in [-0.4, -0.2) is 50.1 Å². The average molecular weight is 475 g/mol. The summed E-state index contributed by atoms with van der Waals surface area (Å²) in [6.45, 7) is 1.95. The standard InChI is InChI=1S/C27H27N3O5/c1-17-5-8-20(9-6-17)26(31)28-24-25(19-10-12-21(33-2)13-11-19)30(29-27(24)32)16-18-7-14-22(34-3)23(15-18)35-4/h5-16,24-25H,1-4H3,(H-,28,29,31,32)/p+1/b30-16-/t24-,25-/m1/s1. The number of ether oxygens (including phenoxy) is 3. The van der Waals surface area contributed by atoms with Crippen LogP contribution < -0.4 is 25.0 Å². The second-order valence-corrected chi connectivity index (χ2v) is 8.16. The van der Waals surface area contributed by atoms with E-state index in [1.807, 2.05) is 55.5 Å². The molecule has 0 radical (unpaired) electrons. The molecule has 0 bridgehead atoms. The van der Waals surface area contributed by atoms with Crippen molar-refractivity contribution in [3.05, 3.63) is 89.0 Å². The van der Waals surface area contributed by atoms with Crippen molar-refractivity contribution in [1.82, 2.24) is 10.7 Å². The Morgan fingerprint density at radius 2 is 1.60 bits per heavy atom. The number of hydrogen-bond acceptors (Lipinski definition) is 5. The van der Waals surface area contributed by atoms with E-state index in [-0.39, 0.29) is 11.8 Å². The van der Waals surface area contributed by atoms with Gasteiger partial charge in [0.2, 0.25) is 12.3 Å². The van der Waals surface area contributed by atoms with E-state index >= 15 is 0 Å². The van der Waals surface area contributed by atoms with Crippen LogP contribution >= 0.6 is 0 Å². The SMILES string of the molecule is COc1ccc([C@@H]2[C@@H](NC(=O)c3ccc(C)cc3)C(=O)N/[N+]2=C\c2ccc(OC)c(OC)c2)cc1.